The first-order valence-electron chi connectivity index (χ1n) is 7.27. The van der Waals surface area contributed by atoms with Crippen molar-refractivity contribution in [3.63, 3.8) is 0 Å². The van der Waals surface area contributed by atoms with Gasteiger partial charge in [0.1, 0.15) is 0 Å². The molecule has 19 heavy (non-hydrogen) atoms. The maximum Gasteiger partial charge on any atom is 0.317 e. The molecule has 1 heterocycles. The smallest absolute Gasteiger partial charge is 0.317 e. The number of aliphatic carboxylic acids is 1. The predicted octanol–water partition coefficient (Wildman–Crippen LogP) is 2.07. The first-order chi connectivity index (χ1) is 8.97. The number of carbonyl (C=O) groups excluding carboxylic acids is 1. The maximum atomic E-state index is 12.0. The number of amides is 2. The number of nitrogens with zero attached hydrogens (tertiary/aromatic N) is 1. The first kappa shape index (κ1) is 14.2. The molecule has 5 nitrogen and oxygen atoms in total. The lowest BCUT2D eigenvalue weighted by molar-refractivity contribution is -0.143. The van der Waals surface area contributed by atoms with Crippen LogP contribution in [0.3, 0.4) is 0 Å². The van der Waals surface area contributed by atoms with Crippen LogP contribution in [-0.4, -0.2) is 40.6 Å². The van der Waals surface area contributed by atoms with Crippen LogP contribution in [0, 0.1) is 11.8 Å². The molecule has 1 saturated heterocycles. The summed E-state index contributed by atoms with van der Waals surface area (Å²) in [7, 11) is 0. The van der Waals surface area contributed by atoms with Gasteiger partial charge in [0.05, 0.1) is 5.92 Å². The van der Waals surface area contributed by atoms with E-state index in [0.717, 1.165) is 25.8 Å². The Morgan fingerprint density at radius 3 is 2.53 bits per heavy atom. The van der Waals surface area contributed by atoms with Crippen LogP contribution in [0.2, 0.25) is 0 Å². The summed E-state index contributed by atoms with van der Waals surface area (Å²) in [5, 5.41) is 12.0. The second kappa shape index (κ2) is 5.80. The highest BCUT2D eigenvalue weighted by atomic mass is 16.4. The molecule has 0 aromatic carbocycles. The monoisotopic (exact) mass is 268 g/mol. The average molecular weight is 268 g/mol. The summed E-state index contributed by atoms with van der Waals surface area (Å²) in [6.45, 7) is 5.10. The fourth-order valence-electron chi connectivity index (χ4n) is 3.28. The van der Waals surface area contributed by atoms with Gasteiger partial charge in [-0.2, -0.15) is 0 Å². The summed E-state index contributed by atoms with van der Waals surface area (Å²) in [5.74, 6) is -0.330. The van der Waals surface area contributed by atoms with Crippen LogP contribution in [0.1, 0.15) is 46.0 Å². The summed E-state index contributed by atoms with van der Waals surface area (Å²) in [5.41, 5.74) is 0. The van der Waals surface area contributed by atoms with E-state index in [1.54, 1.807) is 0 Å². The highest BCUT2D eigenvalue weighted by Gasteiger charge is 2.36. The summed E-state index contributed by atoms with van der Waals surface area (Å²) in [6.07, 6.45) is 4.03. The number of carboxylic acids is 1. The van der Waals surface area contributed by atoms with Gasteiger partial charge in [-0.05, 0) is 38.0 Å². The Bertz CT molecular complexity index is 349. The number of carbonyl (C=O) groups is 2. The molecule has 2 N–H and O–H groups in total. The topological polar surface area (TPSA) is 69.6 Å². The van der Waals surface area contributed by atoms with Crippen molar-refractivity contribution in [1.82, 2.24) is 10.2 Å². The Morgan fingerprint density at radius 1 is 1.37 bits per heavy atom. The number of urea groups is 1. The van der Waals surface area contributed by atoms with Gasteiger partial charge >= 0.3 is 12.0 Å². The number of carboxylic acid groups (broad SMARTS) is 1. The van der Waals surface area contributed by atoms with Crippen molar-refractivity contribution in [2.45, 2.75) is 58.0 Å². The van der Waals surface area contributed by atoms with Crippen molar-refractivity contribution in [3.05, 3.63) is 0 Å². The van der Waals surface area contributed by atoms with E-state index in [0.29, 0.717) is 18.8 Å². The van der Waals surface area contributed by atoms with Gasteiger partial charge in [-0.25, -0.2) is 4.79 Å². The van der Waals surface area contributed by atoms with E-state index in [9.17, 15) is 9.59 Å². The van der Waals surface area contributed by atoms with E-state index in [1.165, 1.54) is 0 Å². The molecule has 2 amide bonds. The SMILES string of the molecule is CC(C)CC1CN(C2CCC(C(=O)O)CC2)C(=O)N1. The standard InChI is InChI=1S/C14H24N2O3/c1-9(2)7-11-8-16(14(19)15-11)12-5-3-10(4-6-12)13(17)18/h9-12H,3-8H2,1-2H3,(H,15,19)(H,17,18). The number of hydrogen-bond donors (Lipinski definition) is 2. The molecule has 0 bridgehead atoms. The Kier molecular flexibility index (Phi) is 4.32. The lowest BCUT2D eigenvalue weighted by Crippen LogP contribution is -2.41. The molecule has 0 spiro atoms. The predicted molar refractivity (Wildman–Crippen MR) is 71.9 cm³/mol. The average Bonchev–Trinajstić information content (AvgIpc) is 2.69. The van der Waals surface area contributed by atoms with E-state index in [2.05, 4.69) is 19.2 Å². The Balaban J connectivity index is 1.86. The third-order valence-electron chi connectivity index (χ3n) is 4.25. The van der Waals surface area contributed by atoms with E-state index in [4.69, 9.17) is 5.11 Å². The molecule has 0 aromatic rings. The fourth-order valence-corrected chi connectivity index (χ4v) is 3.28. The number of rotatable bonds is 4. The minimum absolute atomic E-state index is 0.0319. The van der Waals surface area contributed by atoms with E-state index >= 15 is 0 Å². The van der Waals surface area contributed by atoms with Crippen molar-refractivity contribution in [2.24, 2.45) is 11.8 Å². The fraction of sp³-hybridized carbons (Fsp3) is 0.857. The molecule has 1 aliphatic heterocycles. The summed E-state index contributed by atoms with van der Waals surface area (Å²) in [4.78, 5) is 24.8. The van der Waals surface area contributed by atoms with E-state index in [1.807, 2.05) is 4.90 Å². The van der Waals surface area contributed by atoms with Crippen LogP contribution in [0.4, 0.5) is 4.79 Å². The molecule has 1 unspecified atom stereocenters. The lowest BCUT2D eigenvalue weighted by Gasteiger charge is -2.32. The normalized spacial score (nSPS) is 31.6. The zero-order valence-electron chi connectivity index (χ0n) is 11.8. The lowest BCUT2D eigenvalue weighted by atomic mass is 9.85. The molecule has 108 valence electrons. The van der Waals surface area contributed by atoms with Crippen LogP contribution in [0.5, 0.6) is 0 Å². The van der Waals surface area contributed by atoms with Gasteiger partial charge in [-0.1, -0.05) is 13.8 Å². The van der Waals surface area contributed by atoms with Gasteiger partial charge in [-0.3, -0.25) is 4.79 Å². The molecule has 2 aliphatic rings. The van der Waals surface area contributed by atoms with Crippen LogP contribution >= 0.6 is 0 Å². The third-order valence-corrected chi connectivity index (χ3v) is 4.25. The number of hydrogen-bond acceptors (Lipinski definition) is 2. The molecular weight excluding hydrogens is 244 g/mol. The zero-order chi connectivity index (χ0) is 14.0. The first-order valence-corrected chi connectivity index (χ1v) is 7.27. The van der Waals surface area contributed by atoms with Crippen LogP contribution < -0.4 is 5.32 Å². The van der Waals surface area contributed by atoms with Gasteiger partial charge in [0.25, 0.3) is 0 Å². The summed E-state index contributed by atoms with van der Waals surface area (Å²) >= 11 is 0. The minimum atomic E-state index is -0.693. The van der Waals surface area contributed by atoms with Crippen molar-refractivity contribution >= 4 is 12.0 Å². The van der Waals surface area contributed by atoms with E-state index in [-0.39, 0.29) is 24.0 Å². The van der Waals surface area contributed by atoms with Crippen molar-refractivity contribution in [3.8, 4) is 0 Å². The van der Waals surface area contributed by atoms with Crippen LogP contribution in [0.25, 0.3) is 0 Å². The maximum absolute atomic E-state index is 12.0. The molecule has 1 atom stereocenters. The van der Waals surface area contributed by atoms with Gasteiger partial charge < -0.3 is 15.3 Å². The van der Waals surface area contributed by atoms with Crippen molar-refractivity contribution in [1.29, 1.82) is 0 Å². The zero-order valence-corrected chi connectivity index (χ0v) is 11.8. The Labute approximate surface area is 114 Å². The molecule has 1 saturated carbocycles. The molecule has 0 aromatic heterocycles. The Morgan fingerprint density at radius 2 is 2.00 bits per heavy atom. The molecule has 2 rings (SSSR count). The molecular formula is C14H24N2O3. The van der Waals surface area contributed by atoms with Crippen LogP contribution in [-0.2, 0) is 4.79 Å². The third kappa shape index (κ3) is 3.39. The highest BCUT2D eigenvalue weighted by Crippen LogP contribution is 2.29. The van der Waals surface area contributed by atoms with Gasteiger partial charge in [0.2, 0.25) is 0 Å². The molecule has 5 heteroatoms. The van der Waals surface area contributed by atoms with Crippen molar-refractivity contribution in [2.75, 3.05) is 6.54 Å². The molecule has 2 fully saturated rings. The quantitative estimate of drug-likeness (QED) is 0.820. The second-order valence-corrected chi connectivity index (χ2v) is 6.27. The van der Waals surface area contributed by atoms with Gasteiger partial charge in [0, 0.05) is 18.6 Å². The summed E-state index contributed by atoms with van der Waals surface area (Å²) < 4.78 is 0. The van der Waals surface area contributed by atoms with Gasteiger partial charge in [0.15, 0.2) is 0 Å². The largest absolute Gasteiger partial charge is 0.481 e. The van der Waals surface area contributed by atoms with E-state index < -0.39 is 5.97 Å². The Hall–Kier alpha value is -1.26. The molecule has 1 aliphatic carbocycles. The summed E-state index contributed by atoms with van der Waals surface area (Å²) in [6, 6.07) is 0.516. The van der Waals surface area contributed by atoms with Crippen LogP contribution in [0.15, 0.2) is 0 Å². The van der Waals surface area contributed by atoms with Gasteiger partial charge in [-0.15, -0.1) is 0 Å². The second-order valence-electron chi connectivity index (χ2n) is 6.27. The minimum Gasteiger partial charge on any atom is -0.481 e. The highest BCUT2D eigenvalue weighted by molar-refractivity contribution is 5.77. The number of nitrogens with one attached hydrogen (secondary N) is 1. The van der Waals surface area contributed by atoms with Crippen molar-refractivity contribution < 1.29 is 14.7 Å². The molecule has 0 radical (unpaired) electrons.